The fourth-order valence-electron chi connectivity index (χ4n) is 2.77. The summed E-state index contributed by atoms with van der Waals surface area (Å²) >= 11 is 0. The number of ether oxygens (including phenoxy) is 1. The molecule has 2 rings (SSSR count). The molecule has 0 heterocycles. The van der Waals surface area contributed by atoms with E-state index in [2.05, 4.69) is 12.2 Å². The standard InChI is InChI=1S/C16H24N2O2/c1-12-6-8-16(11-17,9-7-12)18-15(19)13-4-3-5-14(10-13)20-2/h3-5,10,12H,6-9,11,17H2,1-2H3,(H,18,19). The lowest BCUT2D eigenvalue weighted by Gasteiger charge is -2.39. The van der Waals surface area contributed by atoms with Gasteiger partial charge in [-0.3, -0.25) is 4.79 Å². The van der Waals surface area contributed by atoms with Gasteiger partial charge in [0.25, 0.3) is 5.91 Å². The minimum atomic E-state index is -0.243. The van der Waals surface area contributed by atoms with Gasteiger partial charge in [-0.25, -0.2) is 0 Å². The van der Waals surface area contributed by atoms with Gasteiger partial charge in [0.2, 0.25) is 0 Å². The number of nitrogens with two attached hydrogens (primary N) is 1. The zero-order chi connectivity index (χ0) is 14.6. The van der Waals surface area contributed by atoms with Crippen LogP contribution in [0.25, 0.3) is 0 Å². The van der Waals surface area contributed by atoms with E-state index in [4.69, 9.17) is 10.5 Å². The Labute approximate surface area is 120 Å². The van der Waals surface area contributed by atoms with Crippen LogP contribution in [0.3, 0.4) is 0 Å². The van der Waals surface area contributed by atoms with Crippen molar-refractivity contribution in [1.82, 2.24) is 5.32 Å². The molecule has 20 heavy (non-hydrogen) atoms. The SMILES string of the molecule is COc1cccc(C(=O)NC2(CN)CCC(C)CC2)c1. The summed E-state index contributed by atoms with van der Waals surface area (Å²) < 4.78 is 5.16. The topological polar surface area (TPSA) is 64.3 Å². The van der Waals surface area contributed by atoms with Gasteiger partial charge in [0.15, 0.2) is 0 Å². The van der Waals surface area contributed by atoms with E-state index in [0.717, 1.165) is 31.6 Å². The molecule has 0 saturated heterocycles. The number of hydrogen-bond donors (Lipinski definition) is 2. The first kappa shape index (κ1) is 14.9. The second-order valence-corrected chi connectivity index (χ2v) is 5.85. The second-order valence-electron chi connectivity index (χ2n) is 5.85. The molecule has 110 valence electrons. The van der Waals surface area contributed by atoms with Crippen LogP contribution in [0.4, 0.5) is 0 Å². The summed E-state index contributed by atoms with van der Waals surface area (Å²) in [4.78, 5) is 12.4. The average molecular weight is 276 g/mol. The average Bonchev–Trinajstić information content (AvgIpc) is 2.50. The molecule has 0 spiro atoms. The quantitative estimate of drug-likeness (QED) is 0.887. The molecule has 1 aromatic carbocycles. The van der Waals surface area contributed by atoms with Crippen LogP contribution in [-0.2, 0) is 0 Å². The predicted molar refractivity (Wildman–Crippen MR) is 79.9 cm³/mol. The molecule has 4 heteroatoms. The summed E-state index contributed by atoms with van der Waals surface area (Å²) in [7, 11) is 1.60. The van der Waals surface area contributed by atoms with Crippen molar-refractivity contribution in [3.05, 3.63) is 29.8 Å². The lowest BCUT2D eigenvalue weighted by molar-refractivity contribution is 0.0859. The van der Waals surface area contributed by atoms with Crippen LogP contribution < -0.4 is 15.8 Å². The summed E-state index contributed by atoms with van der Waals surface area (Å²) in [6, 6.07) is 7.21. The molecular formula is C16H24N2O2. The van der Waals surface area contributed by atoms with Crippen molar-refractivity contribution < 1.29 is 9.53 Å². The monoisotopic (exact) mass is 276 g/mol. The maximum absolute atomic E-state index is 12.4. The molecular weight excluding hydrogens is 252 g/mol. The number of methoxy groups -OCH3 is 1. The Morgan fingerprint density at radius 1 is 1.45 bits per heavy atom. The van der Waals surface area contributed by atoms with Crippen molar-refractivity contribution in [2.75, 3.05) is 13.7 Å². The van der Waals surface area contributed by atoms with E-state index in [-0.39, 0.29) is 11.4 Å². The van der Waals surface area contributed by atoms with Crippen molar-refractivity contribution >= 4 is 5.91 Å². The lowest BCUT2D eigenvalue weighted by atomic mass is 9.77. The molecule has 1 aliphatic rings. The summed E-state index contributed by atoms with van der Waals surface area (Å²) in [6.07, 6.45) is 4.16. The number of amides is 1. The van der Waals surface area contributed by atoms with E-state index in [1.165, 1.54) is 0 Å². The van der Waals surface area contributed by atoms with E-state index >= 15 is 0 Å². The van der Waals surface area contributed by atoms with Crippen molar-refractivity contribution in [3.63, 3.8) is 0 Å². The van der Waals surface area contributed by atoms with Gasteiger partial charge in [-0.1, -0.05) is 13.0 Å². The minimum absolute atomic E-state index is 0.0658. The maximum Gasteiger partial charge on any atom is 0.251 e. The van der Waals surface area contributed by atoms with Gasteiger partial charge in [-0.05, 0) is 49.8 Å². The predicted octanol–water partition coefficient (Wildman–Crippen LogP) is 2.33. The molecule has 0 aliphatic heterocycles. The third kappa shape index (κ3) is 3.31. The largest absolute Gasteiger partial charge is 0.497 e. The van der Waals surface area contributed by atoms with Crippen molar-refractivity contribution in [2.45, 2.75) is 38.1 Å². The zero-order valence-electron chi connectivity index (χ0n) is 12.3. The Kier molecular flexibility index (Phi) is 4.65. The number of benzene rings is 1. The smallest absolute Gasteiger partial charge is 0.251 e. The number of carbonyl (C=O) groups is 1. The van der Waals surface area contributed by atoms with Gasteiger partial charge >= 0.3 is 0 Å². The van der Waals surface area contributed by atoms with Crippen molar-refractivity contribution in [3.8, 4) is 5.75 Å². The first-order valence-corrected chi connectivity index (χ1v) is 7.25. The van der Waals surface area contributed by atoms with Crippen molar-refractivity contribution in [2.24, 2.45) is 11.7 Å². The van der Waals surface area contributed by atoms with Crippen LogP contribution in [0.5, 0.6) is 5.75 Å². The maximum atomic E-state index is 12.4. The number of hydrogen-bond acceptors (Lipinski definition) is 3. The number of rotatable bonds is 4. The summed E-state index contributed by atoms with van der Waals surface area (Å²) in [6.45, 7) is 2.75. The summed E-state index contributed by atoms with van der Waals surface area (Å²) in [5.74, 6) is 1.35. The molecule has 1 fully saturated rings. The molecule has 0 bridgehead atoms. The number of carbonyl (C=O) groups excluding carboxylic acids is 1. The molecule has 0 aromatic heterocycles. The highest BCUT2D eigenvalue weighted by molar-refractivity contribution is 5.95. The Morgan fingerprint density at radius 3 is 2.75 bits per heavy atom. The van der Waals surface area contributed by atoms with Crippen molar-refractivity contribution in [1.29, 1.82) is 0 Å². The van der Waals surface area contributed by atoms with E-state index in [9.17, 15) is 4.79 Å². The highest BCUT2D eigenvalue weighted by atomic mass is 16.5. The first-order chi connectivity index (χ1) is 9.58. The van der Waals surface area contributed by atoms with Gasteiger partial charge in [0.05, 0.1) is 12.6 Å². The fraction of sp³-hybridized carbons (Fsp3) is 0.562. The van der Waals surface area contributed by atoms with Crippen LogP contribution in [0, 0.1) is 5.92 Å². The van der Waals surface area contributed by atoms with Crippen LogP contribution in [0.1, 0.15) is 43.0 Å². The van der Waals surface area contributed by atoms with Crippen LogP contribution in [-0.4, -0.2) is 25.1 Å². The van der Waals surface area contributed by atoms with Crippen LogP contribution in [0.15, 0.2) is 24.3 Å². The molecule has 4 nitrogen and oxygen atoms in total. The third-order valence-electron chi connectivity index (χ3n) is 4.33. The zero-order valence-corrected chi connectivity index (χ0v) is 12.3. The minimum Gasteiger partial charge on any atom is -0.497 e. The highest BCUT2D eigenvalue weighted by Crippen LogP contribution is 2.31. The van der Waals surface area contributed by atoms with Gasteiger partial charge in [-0.15, -0.1) is 0 Å². The van der Waals surface area contributed by atoms with E-state index < -0.39 is 0 Å². The normalized spacial score (nSPS) is 26.1. The molecule has 0 radical (unpaired) electrons. The van der Waals surface area contributed by atoms with E-state index in [1.54, 1.807) is 19.2 Å². The van der Waals surface area contributed by atoms with Crippen LogP contribution in [0.2, 0.25) is 0 Å². The van der Waals surface area contributed by atoms with Crippen LogP contribution >= 0.6 is 0 Å². The lowest BCUT2D eigenvalue weighted by Crippen LogP contribution is -2.55. The van der Waals surface area contributed by atoms with Gasteiger partial charge in [0, 0.05) is 12.1 Å². The Bertz CT molecular complexity index is 465. The summed E-state index contributed by atoms with van der Waals surface area (Å²) in [5, 5.41) is 3.15. The molecule has 3 N–H and O–H groups in total. The first-order valence-electron chi connectivity index (χ1n) is 7.25. The molecule has 0 atom stereocenters. The fourth-order valence-corrected chi connectivity index (χ4v) is 2.77. The molecule has 1 aliphatic carbocycles. The summed E-state index contributed by atoms with van der Waals surface area (Å²) in [5.41, 5.74) is 6.30. The second kappa shape index (κ2) is 6.27. The Morgan fingerprint density at radius 2 is 2.15 bits per heavy atom. The Balaban J connectivity index is 2.09. The molecule has 0 unspecified atom stereocenters. The van der Waals surface area contributed by atoms with Gasteiger partial charge in [0.1, 0.15) is 5.75 Å². The molecule has 1 aromatic rings. The van der Waals surface area contributed by atoms with Gasteiger partial charge < -0.3 is 15.8 Å². The van der Waals surface area contributed by atoms with Gasteiger partial charge in [-0.2, -0.15) is 0 Å². The Hall–Kier alpha value is -1.55. The molecule has 1 amide bonds. The van der Waals surface area contributed by atoms with E-state index in [0.29, 0.717) is 17.9 Å². The highest BCUT2D eigenvalue weighted by Gasteiger charge is 2.34. The third-order valence-corrected chi connectivity index (χ3v) is 4.33. The number of nitrogens with one attached hydrogen (secondary N) is 1. The van der Waals surface area contributed by atoms with E-state index in [1.807, 2.05) is 12.1 Å². The molecule has 1 saturated carbocycles.